The molecule has 0 saturated heterocycles. The van der Waals surface area contributed by atoms with Crippen LogP contribution in [0.4, 0.5) is 10.1 Å². The average molecular weight is 305 g/mol. The summed E-state index contributed by atoms with van der Waals surface area (Å²) in [4.78, 5) is 10.5. The Kier molecular flexibility index (Phi) is 5.30. The molecule has 2 rings (SSSR count). The fourth-order valence-corrected chi connectivity index (χ4v) is 1.85. The molecule has 5 nitrogen and oxygen atoms in total. The first-order chi connectivity index (χ1) is 10.6. The summed E-state index contributed by atoms with van der Waals surface area (Å²) in [7, 11) is 0. The molecule has 0 amide bonds. The van der Waals surface area contributed by atoms with E-state index in [1.54, 1.807) is 31.2 Å². The zero-order valence-corrected chi connectivity index (χ0v) is 12.1. The van der Waals surface area contributed by atoms with Gasteiger partial charge in [0, 0.05) is 12.5 Å². The number of ether oxygens (including phenoxy) is 2. The third-order valence-corrected chi connectivity index (χ3v) is 2.94. The second kappa shape index (κ2) is 7.40. The van der Waals surface area contributed by atoms with Gasteiger partial charge in [0.05, 0.1) is 18.1 Å². The molecular weight excluding hydrogens is 289 g/mol. The molecule has 2 aromatic rings. The van der Waals surface area contributed by atoms with Crippen molar-refractivity contribution in [2.24, 2.45) is 0 Å². The topological polar surface area (TPSA) is 61.6 Å². The first kappa shape index (κ1) is 15.8. The first-order valence-electron chi connectivity index (χ1n) is 6.82. The van der Waals surface area contributed by atoms with Crippen molar-refractivity contribution in [2.75, 3.05) is 13.2 Å². The maximum atomic E-state index is 12.7. The van der Waals surface area contributed by atoms with E-state index in [2.05, 4.69) is 0 Å². The molecule has 0 aliphatic rings. The van der Waals surface area contributed by atoms with Gasteiger partial charge in [-0.25, -0.2) is 4.39 Å². The van der Waals surface area contributed by atoms with E-state index in [1.165, 1.54) is 18.2 Å². The van der Waals surface area contributed by atoms with Crippen LogP contribution in [0.15, 0.2) is 42.5 Å². The highest BCUT2D eigenvalue weighted by molar-refractivity contribution is 5.48. The molecule has 0 aromatic heterocycles. The summed E-state index contributed by atoms with van der Waals surface area (Å²) in [6, 6.07) is 10.6. The van der Waals surface area contributed by atoms with Gasteiger partial charge in [0.2, 0.25) is 0 Å². The van der Waals surface area contributed by atoms with Gasteiger partial charge in [-0.3, -0.25) is 10.1 Å². The standard InChI is InChI=1S/C16H16FNO4/c1-12-3-8-16(15(11-12)18(19)20)22-10-2-9-21-14-6-4-13(17)5-7-14/h3-8,11H,2,9-10H2,1H3. The van der Waals surface area contributed by atoms with Crippen molar-refractivity contribution < 1.29 is 18.8 Å². The maximum Gasteiger partial charge on any atom is 0.311 e. The van der Waals surface area contributed by atoms with Gasteiger partial charge in [0.15, 0.2) is 5.75 Å². The summed E-state index contributed by atoms with van der Waals surface area (Å²) >= 11 is 0. The molecule has 0 fully saturated rings. The molecule has 0 aliphatic carbocycles. The Balaban J connectivity index is 1.79. The van der Waals surface area contributed by atoms with Gasteiger partial charge in [-0.15, -0.1) is 0 Å². The summed E-state index contributed by atoms with van der Waals surface area (Å²) in [5.41, 5.74) is 0.762. The zero-order valence-electron chi connectivity index (χ0n) is 12.1. The Hall–Kier alpha value is -2.63. The molecule has 0 unspecified atom stereocenters. The highest BCUT2D eigenvalue weighted by atomic mass is 19.1. The first-order valence-corrected chi connectivity index (χ1v) is 6.82. The molecule has 6 heteroatoms. The van der Waals surface area contributed by atoms with Crippen LogP contribution in [0, 0.1) is 22.9 Å². The van der Waals surface area contributed by atoms with Crippen LogP contribution < -0.4 is 9.47 Å². The second-order valence-corrected chi connectivity index (χ2v) is 4.73. The number of benzene rings is 2. The number of hydrogen-bond acceptors (Lipinski definition) is 4. The van der Waals surface area contributed by atoms with Gasteiger partial charge in [-0.1, -0.05) is 6.07 Å². The molecule has 0 radical (unpaired) electrons. The van der Waals surface area contributed by atoms with Crippen molar-refractivity contribution in [3.05, 3.63) is 64.0 Å². The van der Waals surface area contributed by atoms with Crippen molar-refractivity contribution in [2.45, 2.75) is 13.3 Å². The Labute approximate surface area is 127 Å². The Morgan fingerprint density at radius 1 is 1.09 bits per heavy atom. The van der Waals surface area contributed by atoms with Gasteiger partial charge < -0.3 is 9.47 Å². The molecule has 0 saturated carbocycles. The molecule has 0 atom stereocenters. The lowest BCUT2D eigenvalue weighted by atomic mass is 10.2. The highest BCUT2D eigenvalue weighted by Gasteiger charge is 2.14. The maximum absolute atomic E-state index is 12.7. The van der Waals surface area contributed by atoms with E-state index in [-0.39, 0.29) is 17.3 Å². The van der Waals surface area contributed by atoms with E-state index in [0.29, 0.717) is 25.4 Å². The summed E-state index contributed by atoms with van der Waals surface area (Å²) in [6.07, 6.45) is 0.558. The monoisotopic (exact) mass is 305 g/mol. The molecule has 0 heterocycles. The lowest BCUT2D eigenvalue weighted by molar-refractivity contribution is -0.385. The molecule has 0 bridgehead atoms. The van der Waals surface area contributed by atoms with Crippen molar-refractivity contribution in [1.82, 2.24) is 0 Å². The van der Waals surface area contributed by atoms with Crippen LogP contribution in [-0.4, -0.2) is 18.1 Å². The lowest BCUT2D eigenvalue weighted by Gasteiger charge is -2.08. The Morgan fingerprint density at radius 2 is 1.77 bits per heavy atom. The van der Waals surface area contributed by atoms with Crippen LogP contribution in [0.3, 0.4) is 0 Å². The van der Waals surface area contributed by atoms with Gasteiger partial charge in [0.25, 0.3) is 0 Å². The molecule has 0 aliphatic heterocycles. The fourth-order valence-electron chi connectivity index (χ4n) is 1.85. The van der Waals surface area contributed by atoms with Gasteiger partial charge >= 0.3 is 5.69 Å². The van der Waals surface area contributed by atoms with Crippen molar-refractivity contribution in [3.8, 4) is 11.5 Å². The smallest absolute Gasteiger partial charge is 0.311 e. The fraction of sp³-hybridized carbons (Fsp3) is 0.250. The Bertz CT molecular complexity index is 643. The summed E-state index contributed by atoms with van der Waals surface area (Å²) in [5, 5.41) is 10.9. The van der Waals surface area contributed by atoms with Gasteiger partial charge in [-0.05, 0) is 42.8 Å². The lowest BCUT2D eigenvalue weighted by Crippen LogP contribution is -2.06. The second-order valence-electron chi connectivity index (χ2n) is 4.73. The van der Waals surface area contributed by atoms with E-state index in [9.17, 15) is 14.5 Å². The summed E-state index contributed by atoms with van der Waals surface area (Å²) in [6.45, 7) is 2.46. The van der Waals surface area contributed by atoms with Crippen molar-refractivity contribution in [3.63, 3.8) is 0 Å². The number of nitro groups is 1. The highest BCUT2D eigenvalue weighted by Crippen LogP contribution is 2.27. The summed E-state index contributed by atoms with van der Waals surface area (Å²) in [5.74, 6) is 0.502. The number of rotatable bonds is 7. The van der Waals surface area contributed by atoms with E-state index in [0.717, 1.165) is 5.56 Å². The molecule has 2 aromatic carbocycles. The largest absolute Gasteiger partial charge is 0.493 e. The number of halogens is 1. The van der Waals surface area contributed by atoms with E-state index in [4.69, 9.17) is 9.47 Å². The van der Waals surface area contributed by atoms with Crippen LogP contribution in [0.2, 0.25) is 0 Å². The van der Waals surface area contributed by atoms with E-state index in [1.807, 2.05) is 0 Å². The summed E-state index contributed by atoms with van der Waals surface area (Å²) < 4.78 is 23.6. The number of aryl methyl sites for hydroxylation is 1. The van der Waals surface area contributed by atoms with Crippen LogP contribution in [0.5, 0.6) is 11.5 Å². The van der Waals surface area contributed by atoms with E-state index < -0.39 is 4.92 Å². The normalized spacial score (nSPS) is 10.3. The molecule has 22 heavy (non-hydrogen) atoms. The third kappa shape index (κ3) is 4.44. The van der Waals surface area contributed by atoms with Crippen molar-refractivity contribution in [1.29, 1.82) is 0 Å². The van der Waals surface area contributed by atoms with Crippen LogP contribution in [-0.2, 0) is 0 Å². The number of nitro benzene ring substituents is 1. The average Bonchev–Trinajstić information content (AvgIpc) is 2.50. The van der Waals surface area contributed by atoms with Gasteiger partial charge in [0.1, 0.15) is 11.6 Å². The predicted octanol–water partition coefficient (Wildman–Crippen LogP) is 3.89. The van der Waals surface area contributed by atoms with Crippen molar-refractivity contribution >= 4 is 5.69 Å². The number of hydrogen-bond donors (Lipinski definition) is 0. The minimum atomic E-state index is -0.461. The quantitative estimate of drug-likeness (QED) is 0.442. The van der Waals surface area contributed by atoms with E-state index >= 15 is 0 Å². The van der Waals surface area contributed by atoms with Crippen LogP contribution in [0.25, 0.3) is 0 Å². The molecule has 0 spiro atoms. The predicted molar refractivity (Wildman–Crippen MR) is 79.8 cm³/mol. The minimum Gasteiger partial charge on any atom is -0.493 e. The van der Waals surface area contributed by atoms with Crippen LogP contribution in [0.1, 0.15) is 12.0 Å². The molecule has 0 N–H and O–H groups in total. The minimum absolute atomic E-state index is 0.0422. The zero-order chi connectivity index (χ0) is 15.9. The number of nitrogens with zero attached hydrogens (tertiary/aromatic N) is 1. The molecule has 116 valence electrons. The third-order valence-electron chi connectivity index (χ3n) is 2.94. The van der Waals surface area contributed by atoms with Gasteiger partial charge in [-0.2, -0.15) is 0 Å². The van der Waals surface area contributed by atoms with Crippen LogP contribution >= 0.6 is 0 Å². The molecular formula is C16H16FNO4. The Morgan fingerprint density at radius 3 is 2.45 bits per heavy atom. The SMILES string of the molecule is Cc1ccc(OCCCOc2ccc(F)cc2)c([N+](=O)[O-])c1.